The number of carboxylic acids is 1. The van der Waals surface area contributed by atoms with E-state index in [0.717, 1.165) is 12.1 Å². The van der Waals surface area contributed by atoms with E-state index in [4.69, 9.17) is 5.11 Å². The molecule has 1 aromatic carbocycles. The lowest BCUT2D eigenvalue weighted by Crippen LogP contribution is -2.17. The molecule has 0 aliphatic rings. The average molecular weight is 300 g/mol. The summed E-state index contributed by atoms with van der Waals surface area (Å²) in [5.41, 5.74) is 1.24. The van der Waals surface area contributed by atoms with Crippen molar-refractivity contribution in [1.29, 1.82) is 0 Å². The molecule has 0 unspecified atom stereocenters. The van der Waals surface area contributed by atoms with Gasteiger partial charge in [-0.25, -0.2) is 9.48 Å². The Labute approximate surface area is 117 Å². The van der Waals surface area contributed by atoms with E-state index in [9.17, 15) is 18.0 Å². The molecule has 0 bridgehead atoms. The van der Waals surface area contributed by atoms with Gasteiger partial charge in [-0.1, -0.05) is 0 Å². The summed E-state index contributed by atoms with van der Waals surface area (Å²) < 4.78 is 41.3. The first-order valence-corrected chi connectivity index (χ1v) is 5.85. The fraction of sp³-hybridized carbons (Fsp3) is 0.231. The van der Waals surface area contributed by atoms with Gasteiger partial charge in [0.05, 0.1) is 17.1 Å². The van der Waals surface area contributed by atoms with Gasteiger partial charge in [0, 0.05) is 0 Å². The topological polar surface area (TPSA) is 64.4 Å². The zero-order valence-corrected chi connectivity index (χ0v) is 11.1. The number of aromatic carboxylic acids is 1. The molecule has 0 fully saturated rings. The minimum Gasteiger partial charge on any atom is -0.478 e. The Morgan fingerprint density at radius 1 is 1.24 bits per heavy atom. The van der Waals surface area contributed by atoms with E-state index in [0.29, 0.717) is 17.1 Å². The van der Waals surface area contributed by atoms with Gasteiger partial charge in [0.25, 0.3) is 0 Å². The fourth-order valence-electron chi connectivity index (χ4n) is 1.99. The Morgan fingerprint density at radius 2 is 1.81 bits per heavy atom. The summed E-state index contributed by atoms with van der Waals surface area (Å²) in [5.74, 6) is -1.46. The molecule has 2 rings (SSSR count). The van der Waals surface area contributed by atoms with Crippen LogP contribution >= 0.6 is 0 Å². The molecule has 1 heterocycles. The molecular weight excluding hydrogens is 289 g/mol. The van der Waals surface area contributed by atoms with Crippen molar-refractivity contribution in [2.24, 2.45) is 0 Å². The van der Waals surface area contributed by atoms with Crippen molar-refractivity contribution >= 4 is 5.97 Å². The van der Waals surface area contributed by atoms with E-state index >= 15 is 0 Å². The number of rotatable bonds is 3. The number of hydrogen-bond acceptors (Lipinski definition) is 3. The summed E-state index contributed by atoms with van der Waals surface area (Å²) in [6.07, 6.45) is -4.75. The number of nitrogens with zero attached hydrogens (tertiary/aromatic N) is 2. The minimum atomic E-state index is -4.75. The molecule has 2 aromatic rings. The molecular formula is C13H11F3N2O3. The van der Waals surface area contributed by atoms with Crippen molar-refractivity contribution < 1.29 is 27.8 Å². The first-order chi connectivity index (χ1) is 9.69. The van der Waals surface area contributed by atoms with E-state index in [1.807, 2.05) is 0 Å². The molecule has 112 valence electrons. The number of aryl methyl sites for hydroxylation is 1. The van der Waals surface area contributed by atoms with Gasteiger partial charge in [0.2, 0.25) is 0 Å². The number of alkyl halides is 3. The standard InChI is InChI=1S/C13H11F3N2O3/c1-7-11(12(19)20)8(2)18(17-7)9-3-5-10(6-4-9)21-13(14,15)16/h3-6H,1-2H3,(H,19,20). The van der Waals surface area contributed by atoms with E-state index in [2.05, 4.69) is 9.84 Å². The van der Waals surface area contributed by atoms with Gasteiger partial charge in [-0.3, -0.25) is 0 Å². The van der Waals surface area contributed by atoms with Crippen LogP contribution in [0.25, 0.3) is 5.69 Å². The molecule has 5 nitrogen and oxygen atoms in total. The molecule has 0 atom stereocenters. The second-order valence-electron chi connectivity index (χ2n) is 4.30. The summed E-state index contributed by atoms with van der Waals surface area (Å²) >= 11 is 0. The lowest BCUT2D eigenvalue weighted by atomic mass is 10.2. The van der Waals surface area contributed by atoms with Gasteiger partial charge < -0.3 is 9.84 Å². The summed E-state index contributed by atoms with van der Waals surface area (Å²) in [5, 5.41) is 13.2. The van der Waals surface area contributed by atoms with Gasteiger partial charge in [-0.05, 0) is 38.1 Å². The van der Waals surface area contributed by atoms with Crippen molar-refractivity contribution in [1.82, 2.24) is 9.78 Å². The summed E-state index contributed by atoms with van der Waals surface area (Å²) in [6.45, 7) is 3.12. The monoisotopic (exact) mass is 300 g/mol. The van der Waals surface area contributed by atoms with Crippen molar-refractivity contribution in [2.75, 3.05) is 0 Å². The Morgan fingerprint density at radius 3 is 2.24 bits per heavy atom. The maximum Gasteiger partial charge on any atom is 0.573 e. The number of benzene rings is 1. The van der Waals surface area contributed by atoms with Crippen molar-refractivity contribution in [3.63, 3.8) is 0 Å². The molecule has 0 saturated carbocycles. The van der Waals surface area contributed by atoms with E-state index in [-0.39, 0.29) is 11.3 Å². The molecule has 0 radical (unpaired) electrons. The highest BCUT2D eigenvalue weighted by molar-refractivity contribution is 5.90. The third kappa shape index (κ3) is 3.15. The second kappa shape index (κ2) is 5.12. The van der Waals surface area contributed by atoms with E-state index in [1.165, 1.54) is 16.8 Å². The maximum absolute atomic E-state index is 12.1. The summed E-state index contributed by atoms with van der Waals surface area (Å²) in [6, 6.07) is 5.01. The molecule has 0 spiro atoms. The van der Waals surface area contributed by atoms with Gasteiger partial charge >= 0.3 is 12.3 Å². The third-order valence-electron chi connectivity index (χ3n) is 2.82. The number of ether oxygens (including phenoxy) is 1. The number of carbonyl (C=O) groups is 1. The van der Waals surface area contributed by atoms with Crippen LogP contribution in [0, 0.1) is 13.8 Å². The normalized spacial score (nSPS) is 11.5. The van der Waals surface area contributed by atoms with Crippen LogP contribution in [0.3, 0.4) is 0 Å². The third-order valence-corrected chi connectivity index (χ3v) is 2.82. The van der Waals surface area contributed by atoms with Crippen LogP contribution in [0.2, 0.25) is 0 Å². The quantitative estimate of drug-likeness (QED) is 0.946. The van der Waals surface area contributed by atoms with Gasteiger partial charge in [-0.15, -0.1) is 13.2 Å². The van der Waals surface area contributed by atoms with Crippen molar-refractivity contribution in [3.05, 3.63) is 41.2 Å². The summed E-state index contributed by atoms with van der Waals surface area (Å²) in [4.78, 5) is 11.1. The van der Waals surface area contributed by atoms with Crippen LogP contribution in [0.4, 0.5) is 13.2 Å². The first kappa shape index (κ1) is 14.9. The first-order valence-electron chi connectivity index (χ1n) is 5.85. The predicted molar refractivity (Wildman–Crippen MR) is 66.7 cm³/mol. The molecule has 0 amide bonds. The number of carboxylic acid groups (broad SMARTS) is 1. The number of aromatic nitrogens is 2. The fourth-order valence-corrected chi connectivity index (χ4v) is 1.99. The highest BCUT2D eigenvalue weighted by Gasteiger charge is 2.31. The van der Waals surface area contributed by atoms with Gasteiger partial charge in [-0.2, -0.15) is 5.10 Å². The number of halogens is 3. The van der Waals surface area contributed by atoms with Crippen LogP contribution in [0.15, 0.2) is 24.3 Å². The van der Waals surface area contributed by atoms with Crippen molar-refractivity contribution in [2.45, 2.75) is 20.2 Å². The Bertz CT molecular complexity index is 675. The Kier molecular flexibility index (Phi) is 3.63. The largest absolute Gasteiger partial charge is 0.573 e. The molecule has 21 heavy (non-hydrogen) atoms. The Balaban J connectivity index is 2.36. The van der Waals surface area contributed by atoms with Gasteiger partial charge in [0.1, 0.15) is 11.3 Å². The van der Waals surface area contributed by atoms with Crippen LogP contribution in [-0.2, 0) is 0 Å². The van der Waals surface area contributed by atoms with Crippen LogP contribution in [-0.4, -0.2) is 27.2 Å². The molecule has 0 aliphatic carbocycles. The predicted octanol–water partition coefficient (Wildman–Crippen LogP) is 3.09. The maximum atomic E-state index is 12.1. The molecule has 1 aromatic heterocycles. The zero-order chi connectivity index (χ0) is 15.8. The lowest BCUT2D eigenvalue weighted by Gasteiger charge is -2.10. The average Bonchev–Trinajstić information content (AvgIpc) is 2.63. The van der Waals surface area contributed by atoms with Crippen LogP contribution in [0.5, 0.6) is 5.75 Å². The minimum absolute atomic E-state index is 0.0746. The highest BCUT2D eigenvalue weighted by atomic mass is 19.4. The van der Waals surface area contributed by atoms with E-state index in [1.54, 1.807) is 13.8 Å². The molecule has 1 N–H and O–H groups in total. The lowest BCUT2D eigenvalue weighted by molar-refractivity contribution is -0.274. The summed E-state index contributed by atoms with van der Waals surface area (Å²) in [7, 11) is 0. The highest BCUT2D eigenvalue weighted by Crippen LogP contribution is 2.24. The van der Waals surface area contributed by atoms with Crippen LogP contribution < -0.4 is 4.74 Å². The smallest absolute Gasteiger partial charge is 0.478 e. The van der Waals surface area contributed by atoms with Crippen molar-refractivity contribution in [3.8, 4) is 11.4 Å². The Hall–Kier alpha value is -2.51. The molecule has 0 aliphatic heterocycles. The van der Waals surface area contributed by atoms with E-state index < -0.39 is 12.3 Å². The molecule has 0 saturated heterocycles. The number of hydrogen-bond donors (Lipinski definition) is 1. The van der Waals surface area contributed by atoms with Crippen LogP contribution in [0.1, 0.15) is 21.7 Å². The second-order valence-corrected chi connectivity index (χ2v) is 4.30. The zero-order valence-electron chi connectivity index (χ0n) is 11.1. The SMILES string of the molecule is Cc1nn(-c2ccc(OC(F)(F)F)cc2)c(C)c1C(=O)O. The van der Waals surface area contributed by atoms with Gasteiger partial charge in [0.15, 0.2) is 0 Å². The molecule has 8 heteroatoms.